The molecular formula is C21H16N4. The first-order chi connectivity index (χ1) is 12.2. The van der Waals surface area contributed by atoms with Gasteiger partial charge in [0.15, 0.2) is 5.69 Å². The highest BCUT2D eigenvalue weighted by Gasteiger charge is 2.15. The number of fused-ring (bicyclic) bond motifs is 1. The zero-order valence-electron chi connectivity index (χ0n) is 14.1. The van der Waals surface area contributed by atoms with Crippen molar-refractivity contribution < 1.29 is 0 Å². The van der Waals surface area contributed by atoms with E-state index in [2.05, 4.69) is 48.2 Å². The molecule has 4 heteroatoms. The number of nitriles is 1. The summed E-state index contributed by atoms with van der Waals surface area (Å²) in [5, 5.41) is 14.9. The van der Waals surface area contributed by atoms with E-state index in [1.54, 1.807) is 6.20 Å². The van der Waals surface area contributed by atoms with Crippen molar-refractivity contribution in [3.05, 3.63) is 77.6 Å². The molecule has 25 heavy (non-hydrogen) atoms. The number of nitrogens with zero attached hydrogens (tertiary/aromatic N) is 4. The maximum atomic E-state index is 9.35. The molecule has 0 aliphatic rings. The minimum absolute atomic E-state index is 0.392. The Hall–Kier alpha value is -3.45. The van der Waals surface area contributed by atoms with E-state index in [0.29, 0.717) is 5.69 Å². The van der Waals surface area contributed by atoms with Crippen LogP contribution in [0, 0.1) is 25.2 Å². The molecule has 0 spiro atoms. The van der Waals surface area contributed by atoms with Gasteiger partial charge in [0, 0.05) is 23.2 Å². The maximum Gasteiger partial charge on any atom is 0.163 e. The molecule has 0 bridgehead atoms. The van der Waals surface area contributed by atoms with Crippen LogP contribution in [0.3, 0.4) is 0 Å². The normalized spacial score (nSPS) is 10.8. The molecule has 4 rings (SSSR count). The van der Waals surface area contributed by atoms with Crippen LogP contribution in [-0.2, 0) is 0 Å². The van der Waals surface area contributed by atoms with Gasteiger partial charge in [0.05, 0.1) is 16.9 Å². The Morgan fingerprint density at radius 3 is 2.64 bits per heavy atom. The van der Waals surface area contributed by atoms with Gasteiger partial charge in [0.1, 0.15) is 6.07 Å². The van der Waals surface area contributed by atoms with Gasteiger partial charge in [-0.3, -0.25) is 4.98 Å². The minimum Gasteiger partial charge on any atom is -0.254 e. The maximum absolute atomic E-state index is 9.35. The second-order valence-corrected chi connectivity index (χ2v) is 6.11. The van der Waals surface area contributed by atoms with Gasteiger partial charge in [0.2, 0.25) is 0 Å². The fraction of sp³-hybridized carbons (Fsp3) is 0.0952. The Kier molecular flexibility index (Phi) is 3.55. The van der Waals surface area contributed by atoms with Gasteiger partial charge in [0.25, 0.3) is 0 Å². The van der Waals surface area contributed by atoms with Gasteiger partial charge in [-0.05, 0) is 31.5 Å². The fourth-order valence-electron chi connectivity index (χ4n) is 3.17. The average molecular weight is 324 g/mol. The molecule has 0 unspecified atom stereocenters. The van der Waals surface area contributed by atoms with Crippen LogP contribution in [0.1, 0.15) is 16.8 Å². The summed E-state index contributed by atoms with van der Waals surface area (Å²) in [7, 11) is 0. The average Bonchev–Trinajstić information content (AvgIpc) is 3.05. The molecule has 2 aromatic heterocycles. The number of para-hydroxylation sites is 1. The molecule has 0 saturated heterocycles. The van der Waals surface area contributed by atoms with Gasteiger partial charge in [-0.2, -0.15) is 10.4 Å². The van der Waals surface area contributed by atoms with E-state index < -0.39 is 0 Å². The highest BCUT2D eigenvalue weighted by atomic mass is 15.3. The Morgan fingerprint density at radius 1 is 1.00 bits per heavy atom. The zero-order valence-corrected chi connectivity index (χ0v) is 14.1. The molecular weight excluding hydrogens is 308 g/mol. The van der Waals surface area contributed by atoms with Crippen LogP contribution in [0.2, 0.25) is 0 Å². The van der Waals surface area contributed by atoms with Crippen molar-refractivity contribution in [2.45, 2.75) is 13.8 Å². The lowest BCUT2D eigenvalue weighted by atomic mass is 10.0. The number of benzene rings is 2. The summed E-state index contributed by atoms with van der Waals surface area (Å²) in [6.45, 7) is 4.15. The third kappa shape index (κ3) is 2.56. The highest BCUT2D eigenvalue weighted by molar-refractivity contribution is 5.87. The van der Waals surface area contributed by atoms with Crippen LogP contribution in [-0.4, -0.2) is 14.8 Å². The standard InChI is InChI=1S/C21H16N4/c1-14-8-9-18(15(2)11-14)20-12-17(13-22)24-25(20)19-7-3-5-16-6-4-10-23-21(16)19/h3-12H,1-2H3. The van der Waals surface area contributed by atoms with E-state index in [0.717, 1.165) is 33.4 Å². The molecule has 4 aromatic rings. The lowest BCUT2D eigenvalue weighted by Gasteiger charge is -2.12. The molecule has 0 atom stereocenters. The topological polar surface area (TPSA) is 54.5 Å². The number of pyridine rings is 1. The summed E-state index contributed by atoms with van der Waals surface area (Å²) >= 11 is 0. The highest BCUT2D eigenvalue weighted by Crippen LogP contribution is 2.29. The molecule has 0 amide bonds. The van der Waals surface area contributed by atoms with Crippen LogP contribution in [0.4, 0.5) is 0 Å². The lowest BCUT2D eigenvalue weighted by Crippen LogP contribution is -2.02. The summed E-state index contributed by atoms with van der Waals surface area (Å²) in [4.78, 5) is 4.52. The smallest absolute Gasteiger partial charge is 0.163 e. The molecule has 0 saturated carbocycles. The summed E-state index contributed by atoms with van der Waals surface area (Å²) in [5.41, 5.74) is 6.44. The Bertz CT molecular complexity index is 1130. The van der Waals surface area contributed by atoms with Gasteiger partial charge < -0.3 is 0 Å². The quantitative estimate of drug-likeness (QED) is 0.542. The first-order valence-electron chi connectivity index (χ1n) is 8.09. The summed E-state index contributed by atoms with van der Waals surface area (Å²) < 4.78 is 1.82. The van der Waals surface area contributed by atoms with Crippen LogP contribution >= 0.6 is 0 Å². The van der Waals surface area contributed by atoms with Crippen LogP contribution in [0.25, 0.3) is 27.8 Å². The summed E-state index contributed by atoms with van der Waals surface area (Å²) in [6.07, 6.45) is 1.78. The second kappa shape index (κ2) is 5.88. The molecule has 0 fully saturated rings. The third-order valence-electron chi connectivity index (χ3n) is 4.32. The predicted octanol–water partition coefficient (Wildman–Crippen LogP) is 4.58. The van der Waals surface area contributed by atoms with Crippen molar-refractivity contribution >= 4 is 10.9 Å². The zero-order chi connectivity index (χ0) is 17.4. The van der Waals surface area contributed by atoms with E-state index in [9.17, 15) is 5.26 Å². The summed E-state index contributed by atoms with van der Waals surface area (Å²) in [6, 6.07) is 20.2. The third-order valence-corrected chi connectivity index (χ3v) is 4.32. The molecule has 2 aromatic carbocycles. The molecule has 120 valence electrons. The molecule has 0 aliphatic heterocycles. The van der Waals surface area contributed by atoms with Crippen LogP contribution in [0.15, 0.2) is 60.8 Å². The molecule has 4 nitrogen and oxygen atoms in total. The fourth-order valence-corrected chi connectivity index (χ4v) is 3.17. The minimum atomic E-state index is 0.392. The van der Waals surface area contributed by atoms with Gasteiger partial charge in [-0.15, -0.1) is 0 Å². The van der Waals surface area contributed by atoms with E-state index in [-0.39, 0.29) is 0 Å². The Balaban J connectivity index is 2.02. The van der Waals surface area contributed by atoms with Crippen molar-refractivity contribution in [3.63, 3.8) is 0 Å². The first kappa shape index (κ1) is 15.1. The Labute approximate surface area is 146 Å². The van der Waals surface area contributed by atoms with Crippen molar-refractivity contribution in [3.8, 4) is 23.0 Å². The number of aromatic nitrogens is 3. The van der Waals surface area contributed by atoms with Crippen LogP contribution in [0.5, 0.6) is 0 Å². The SMILES string of the molecule is Cc1ccc(-c2cc(C#N)nn2-c2cccc3cccnc23)c(C)c1. The van der Waals surface area contributed by atoms with Gasteiger partial charge in [-0.25, -0.2) is 4.68 Å². The number of rotatable bonds is 2. The van der Waals surface area contributed by atoms with E-state index in [4.69, 9.17) is 0 Å². The monoisotopic (exact) mass is 324 g/mol. The Morgan fingerprint density at radius 2 is 1.84 bits per heavy atom. The van der Waals surface area contributed by atoms with Crippen molar-refractivity contribution in [1.82, 2.24) is 14.8 Å². The number of hydrogen-bond donors (Lipinski definition) is 0. The lowest BCUT2D eigenvalue weighted by molar-refractivity contribution is 0.884. The second-order valence-electron chi connectivity index (χ2n) is 6.11. The largest absolute Gasteiger partial charge is 0.254 e. The van der Waals surface area contributed by atoms with E-state index >= 15 is 0 Å². The number of aryl methyl sites for hydroxylation is 2. The van der Waals surface area contributed by atoms with Crippen molar-refractivity contribution in [1.29, 1.82) is 5.26 Å². The molecule has 0 radical (unpaired) electrons. The number of hydrogen-bond acceptors (Lipinski definition) is 3. The van der Waals surface area contributed by atoms with Gasteiger partial charge >= 0.3 is 0 Å². The van der Waals surface area contributed by atoms with Crippen molar-refractivity contribution in [2.24, 2.45) is 0 Å². The molecule has 0 N–H and O–H groups in total. The van der Waals surface area contributed by atoms with Crippen molar-refractivity contribution in [2.75, 3.05) is 0 Å². The van der Waals surface area contributed by atoms with Gasteiger partial charge in [-0.1, -0.05) is 42.0 Å². The summed E-state index contributed by atoms with van der Waals surface area (Å²) in [5.74, 6) is 0. The van der Waals surface area contributed by atoms with E-state index in [1.165, 1.54) is 5.56 Å². The molecule has 0 aliphatic carbocycles. The van der Waals surface area contributed by atoms with Crippen LogP contribution < -0.4 is 0 Å². The van der Waals surface area contributed by atoms with E-state index in [1.807, 2.05) is 41.1 Å². The molecule has 2 heterocycles. The predicted molar refractivity (Wildman–Crippen MR) is 98.5 cm³/mol. The first-order valence-corrected chi connectivity index (χ1v) is 8.09.